The Balaban J connectivity index is 1.42. The zero-order valence-electron chi connectivity index (χ0n) is 20.7. The highest BCUT2D eigenvalue weighted by Crippen LogP contribution is 2.28. The summed E-state index contributed by atoms with van der Waals surface area (Å²) in [5, 5.41) is 6.77. The molecule has 1 fully saturated rings. The average molecular weight is 575 g/mol. The van der Waals surface area contributed by atoms with Crippen LogP contribution in [0.4, 0.5) is 5.69 Å². The Morgan fingerprint density at radius 1 is 1.03 bits per heavy atom. The van der Waals surface area contributed by atoms with E-state index < -0.39 is 0 Å². The molecule has 0 unspecified atom stereocenters. The number of ether oxygens (including phenoxy) is 3. The van der Waals surface area contributed by atoms with E-state index in [4.69, 9.17) is 14.2 Å². The van der Waals surface area contributed by atoms with E-state index in [9.17, 15) is 14.4 Å². The van der Waals surface area contributed by atoms with Gasteiger partial charge in [0.05, 0.1) is 26.0 Å². The molecule has 10 nitrogen and oxygen atoms in total. The van der Waals surface area contributed by atoms with Gasteiger partial charge in [0, 0.05) is 36.1 Å². The zero-order valence-corrected chi connectivity index (χ0v) is 22.3. The first-order valence-electron chi connectivity index (χ1n) is 12.1. The molecule has 2 N–H and O–H groups in total. The van der Waals surface area contributed by atoms with Crippen LogP contribution in [-0.2, 0) is 19.1 Å². The van der Waals surface area contributed by atoms with Crippen molar-refractivity contribution in [3.05, 3.63) is 52.5 Å². The Kier molecular flexibility index (Phi) is 11.4. The number of anilines is 1. The van der Waals surface area contributed by atoms with Crippen molar-refractivity contribution >= 4 is 45.6 Å². The second-order valence-corrected chi connectivity index (χ2v) is 9.04. The minimum absolute atomic E-state index is 0.0925. The van der Waals surface area contributed by atoms with E-state index in [1.165, 1.54) is 6.21 Å². The van der Waals surface area contributed by atoms with Crippen LogP contribution >= 0.6 is 15.9 Å². The molecule has 0 radical (unpaired) electrons. The standard InChI is InChI=1S/C26H31BrN4O6/c1-2-36-23-16-19(6-11-22(23)37-18-26(34)31-12-14-35-15-13-31)17-28-30-25(33)5-3-4-24(32)29-21-9-7-20(27)8-10-21/h6-11,16-17H,2-5,12-15,18H2,1H3,(H,29,32)(H,30,33)/b28-17-. The predicted molar refractivity (Wildman–Crippen MR) is 143 cm³/mol. The summed E-state index contributed by atoms with van der Waals surface area (Å²) in [6, 6.07) is 12.4. The molecule has 37 heavy (non-hydrogen) atoms. The number of morpholine rings is 1. The molecule has 1 aliphatic heterocycles. The molecule has 11 heteroatoms. The molecular weight excluding hydrogens is 544 g/mol. The van der Waals surface area contributed by atoms with Crippen molar-refractivity contribution in [2.75, 3.05) is 44.8 Å². The van der Waals surface area contributed by atoms with Crippen molar-refractivity contribution in [3.63, 3.8) is 0 Å². The van der Waals surface area contributed by atoms with E-state index in [2.05, 4.69) is 31.8 Å². The number of carbonyl (C=O) groups excluding carboxylic acids is 3. The smallest absolute Gasteiger partial charge is 0.260 e. The van der Waals surface area contributed by atoms with Crippen LogP contribution in [0.3, 0.4) is 0 Å². The Labute approximate surface area is 224 Å². The van der Waals surface area contributed by atoms with Crippen molar-refractivity contribution in [2.24, 2.45) is 5.10 Å². The Morgan fingerprint density at radius 2 is 1.76 bits per heavy atom. The normalized spacial score (nSPS) is 13.3. The van der Waals surface area contributed by atoms with E-state index in [-0.39, 0.29) is 37.2 Å². The molecule has 198 valence electrons. The Morgan fingerprint density at radius 3 is 2.49 bits per heavy atom. The Bertz CT molecular complexity index is 1090. The number of amides is 3. The summed E-state index contributed by atoms with van der Waals surface area (Å²) in [6.45, 7) is 4.35. The molecule has 3 rings (SSSR count). The first kappa shape index (κ1) is 28.1. The lowest BCUT2D eigenvalue weighted by Crippen LogP contribution is -2.43. The number of rotatable bonds is 12. The number of nitrogens with zero attached hydrogens (tertiary/aromatic N) is 2. The highest BCUT2D eigenvalue weighted by atomic mass is 79.9. The molecule has 1 saturated heterocycles. The van der Waals surface area contributed by atoms with Gasteiger partial charge in [-0.25, -0.2) is 5.43 Å². The van der Waals surface area contributed by atoms with Gasteiger partial charge in [-0.1, -0.05) is 15.9 Å². The third-order valence-electron chi connectivity index (χ3n) is 5.32. The van der Waals surface area contributed by atoms with E-state index >= 15 is 0 Å². The van der Waals surface area contributed by atoms with Gasteiger partial charge in [0.2, 0.25) is 11.8 Å². The van der Waals surface area contributed by atoms with Gasteiger partial charge in [-0.3, -0.25) is 14.4 Å². The van der Waals surface area contributed by atoms with Crippen LogP contribution in [0.5, 0.6) is 11.5 Å². The topological polar surface area (TPSA) is 119 Å². The monoisotopic (exact) mass is 574 g/mol. The first-order chi connectivity index (χ1) is 17.9. The minimum Gasteiger partial charge on any atom is -0.490 e. The molecule has 2 aromatic carbocycles. The number of nitrogens with one attached hydrogen (secondary N) is 2. The Hall–Kier alpha value is -3.44. The highest BCUT2D eigenvalue weighted by Gasteiger charge is 2.18. The van der Waals surface area contributed by atoms with Crippen LogP contribution < -0.4 is 20.2 Å². The van der Waals surface area contributed by atoms with Gasteiger partial charge >= 0.3 is 0 Å². The molecule has 3 amide bonds. The molecular formula is C26H31BrN4O6. The number of hydrazone groups is 1. The van der Waals surface area contributed by atoms with Crippen LogP contribution in [-0.4, -0.2) is 68.4 Å². The molecule has 0 saturated carbocycles. The molecule has 0 atom stereocenters. The molecule has 1 aliphatic rings. The summed E-state index contributed by atoms with van der Waals surface area (Å²) in [4.78, 5) is 38.1. The van der Waals surface area contributed by atoms with Crippen LogP contribution in [0.15, 0.2) is 52.0 Å². The molecule has 0 aliphatic carbocycles. The SMILES string of the molecule is CCOc1cc(/C=N\NC(=O)CCCC(=O)Nc2ccc(Br)cc2)ccc1OCC(=O)N1CCOCC1. The molecule has 1 heterocycles. The van der Waals surface area contributed by atoms with Crippen molar-refractivity contribution < 1.29 is 28.6 Å². The van der Waals surface area contributed by atoms with Crippen LogP contribution in [0.25, 0.3) is 0 Å². The quantitative estimate of drug-likeness (QED) is 0.296. The maximum Gasteiger partial charge on any atom is 0.260 e. The van der Waals surface area contributed by atoms with Crippen molar-refractivity contribution in [1.29, 1.82) is 0 Å². The maximum atomic E-state index is 12.3. The van der Waals surface area contributed by atoms with Crippen molar-refractivity contribution in [3.8, 4) is 11.5 Å². The van der Waals surface area contributed by atoms with Gasteiger partial charge in [0.25, 0.3) is 5.91 Å². The fraction of sp³-hybridized carbons (Fsp3) is 0.385. The summed E-state index contributed by atoms with van der Waals surface area (Å²) in [7, 11) is 0. The van der Waals surface area contributed by atoms with Gasteiger partial charge in [0.15, 0.2) is 18.1 Å². The zero-order chi connectivity index (χ0) is 26.5. The van der Waals surface area contributed by atoms with Crippen LogP contribution in [0.1, 0.15) is 31.7 Å². The first-order valence-corrected chi connectivity index (χ1v) is 12.9. The van der Waals surface area contributed by atoms with Gasteiger partial charge in [-0.05, 0) is 61.4 Å². The second-order valence-electron chi connectivity index (χ2n) is 8.12. The van der Waals surface area contributed by atoms with Gasteiger partial charge in [-0.2, -0.15) is 5.10 Å². The van der Waals surface area contributed by atoms with E-state index in [0.717, 1.165) is 4.47 Å². The maximum absolute atomic E-state index is 12.3. The number of hydrogen-bond donors (Lipinski definition) is 2. The minimum atomic E-state index is -0.292. The fourth-order valence-electron chi connectivity index (χ4n) is 3.44. The lowest BCUT2D eigenvalue weighted by molar-refractivity contribution is -0.137. The number of halogens is 1. The summed E-state index contributed by atoms with van der Waals surface area (Å²) >= 11 is 3.35. The third kappa shape index (κ3) is 9.85. The second kappa shape index (κ2) is 15.0. The van der Waals surface area contributed by atoms with Gasteiger partial charge < -0.3 is 24.4 Å². The number of benzene rings is 2. The summed E-state index contributed by atoms with van der Waals surface area (Å²) in [6.07, 6.45) is 2.27. The predicted octanol–water partition coefficient (Wildman–Crippen LogP) is 3.34. The largest absolute Gasteiger partial charge is 0.490 e. The summed E-state index contributed by atoms with van der Waals surface area (Å²) in [5.74, 6) is 0.371. The summed E-state index contributed by atoms with van der Waals surface area (Å²) < 4.78 is 17.5. The van der Waals surface area contributed by atoms with Crippen molar-refractivity contribution in [1.82, 2.24) is 10.3 Å². The van der Waals surface area contributed by atoms with E-state index in [1.807, 2.05) is 19.1 Å². The van der Waals surface area contributed by atoms with E-state index in [0.29, 0.717) is 62.1 Å². The van der Waals surface area contributed by atoms with Gasteiger partial charge in [-0.15, -0.1) is 0 Å². The number of carbonyl (C=O) groups is 3. The fourth-order valence-corrected chi connectivity index (χ4v) is 3.70. The van der Waals surface area contributed by atoms with Crippen LogP contribution in [0.2, 0.25) is 0 Å². The van der Waals surface area contributed by atoms with Gasteiger partial charge in [0.1, 0.15) is 0 Å². The lowest BCUT2D eigenvalue weighted by Gasteiger charge is -2.26. The molecule has 2 aromatic rings. The highest BCUT2D eigenvalue weighted by molar-refractivity contribution is 9.10. The lowest BCUT2D eigenvalue weighted by atomic mass is 10.2. The summed E-state index contributed by atoms with van der Waals surface area (Å²) in [5.41, 5.74) is 3.85. The molecule has 0 aromatic heterocycles. The van der Waals surface area contributed by atoms with E-state index in [1.54, 1.807) is 35.2 Å². The molecule has 0 spiro atoms. The number of hydrogen-bond acceptors (Lipinski definition) is 7. The third-order valence-corrected chi connectivity index (χ3v) is 5.85. The average Bonchev–Trinajstić information content (AvgIpc) is 2.90. The van der Waals surface area contributed by atoms with Crippen LogP contribution in [0, 0.1) is 0 Å². The molecule has 0 bridgehead atoms. The van der Waals surface area contributed by atoms with Crippen molar-refractivity contribution in [2.45, 2.75) is 26.2 Å².